The molecule has 5 nitrogen and oxygen atoms in total. The first-order valence-electron chi connectivity index (χ1n) is 7.03. The van der Waals surface area contributed by atoms with Crippen molar-refractivity contribution in [3.63, 3.8) is 0 Å². The molecule has 1 N–H and O–H groups in total. The van der Waals surface area contributed by atoms with Gasteiger partial charge >= 0.3 is 0 Å². The van der Waals surface area contributed by atoms with E-state index in [1.165, 1.54) is 70.8 Å². The van der Waals surface area contributed by atoms with Gasteiger partial charge in [0.2, 0.25) is 5.95 Å². The molecule has 2 heterocycles. The van der Waals surface area contributed by atoms with E-state index < -0.39 is 0 Å². The molecule has 1 aliphatic heterocycles. The van der Waals surface area contributed by atoms with E-state index in [1.54, 1.807) is 0 Å². The zero-order valence-corrected chi connectivity index (χ0v) is 11.0. The number of unbranched alkanes of at least 4 members (excludes halogenated alkanes) is 1. The third-order valence-electron chi connectivity index (χ3n) is 3.38. The van der Waals surface area contributed by atoms with Gasteiger partial charge in [-0.15, -0.1) is 0 Å². The Morgan fingerprint density at radius 2 is 1.72 bits per heavy atom. The number of nitrogens with zero attached hydrogens (tertiary/aromatic N) is 4. The lowest BCUT2D eigenvalue weighted by atomic mass is 10.2. The van der Waals surface area contributed by atoms with Gasteiger partial charge in [-0.25, -0.2) is 15.0 Å². The Morgan fingerprint density at radius 3 is 2.44 bits per heavy atom. The summed E-state index contributed by atoms with van der Waals surface area (Å²) < 4.78 is 0. The van der Waals surface area contributed by atoms with Crippen molar-refractivity contribution in [1.82, 2.24) is 19.9 Å². The van der Waals surface area contributed by atoms with Gasteiger partial charge in [0.05, 0.1) is 0 Å². The second-order valence-electron chi connectivity index (χ2n) is 4.85. The van der Waals surface area contributed by atoms with Crippen LogP contribution in [-0.4, -0.2) is 46.0 Å². The van der Waals surface area contributed by atoms with Gasteiger partial charge in [0.15, 0.2) is 0 Å². The Labute approximate surface area is 109 Å². The van der Waals surface area contributed by atoms with E-state index in [4.69, 9.17) is 0 Å². The fourth-order valence-electron chi connectivity index (χ4n) is 2.35. The van der Waals surface area contributed by atoms with Crippen LogP contribution in [0.4, 0.5) is 5.95 Å². The number of hydrogen-bond acceptors (Lipinski definition) is 5. The smallest absolute Gasteiger partial charge is 0.225 e. The summed E-state index contributed by atoms with van der Waals surface area (Å²) in [5, 5.41) is 3.21. The predicted octanol–water partition coefficient (Wildman–Crippen LogP) is 1.94. The van der Waals surface area contributed by atoms with Crippen LogP contribution in [0.15, 0.2) is 12.7 Å². The van der Waals surface area contributed by atoms with Gasteiger partial charge in [-0.1, -0.05) is 12.8 Å². The lowest BCUT2D eigenvalue weighted by Gasteiger charge is -2.19. The summed E-state index contributed by atoms with van der Waals surface area (Å²) in [5.74, 6) is 0.680. The van der Waals surface area contributed by atoms with E-state index in [1.807, 2.05) is 0 Å². The van der Waals surface area contributed by atoms with Crippen molar-refractivity contribution in [3.8, 4) is 0 Å². The molecule has 18 heavy (non-hydrogen) atoms. The third-order valence-corrected chi connectivity index (χ3v) is 3.38. The van der Waals surface area contributed by atoms with Crippen LogP contribution < -0.4 is 5.32 Å². The van der Waals surface area contributed by atoms with Crippen molar-refractivity contribution in [2.75, 3.05) is 31.5 Å². The quantitative estimate of drug-likeness (QED) is 0.781. The molecule has 0 spiro atoms. The summed E-state index contributed by atoms with van der Waals surface area (Å²) in [6.07, 6.45) is 11.0. The Balaban J connectivity index is 1.53. The standard InChI is InChI=1S/C13H23N5/c1-2-5-9-18(8-4-1)10-6-3-7-15-13-16-11-14-12-17-13/h11-12H,1-10H2,(H,14,15,16,17). The van der Waals surface area contributed by atoms with E-state index in [-0.39, 0.29) is 0 Å². The molecule has 0 atom stereocenters. The van der Waals surface area contributed by atoms with E-state index >= 15 is 0 Å². The van der Waals surface area contributed by atoms with Crippen LogP contribution in [-0.2, 0) is 0 Å². The molecule has 1 saturated heterocycles. The van der Waals surface area contributed by atoms with Crippen LogP contribution in [0.2, 0.25) is 0 Å². The molecule has 2 rings (SSSR count). The van der Waals surface area contributed by atoms with Crippen LogP contribution >= 0.6 is 0 Å². The van der Waals surface area contributed by atoms with Gasteiger partial charge in [-0.3, -0.25) is 0 Å². The molecule has 1 aliphatic rings. The van der Waals surface area contributed by atoms with Crippen molar-refractivity contribution in [1.29, 1.82) is 0 Å². The predicted molar refractivity (Wildman–Crippen MR) is 72.5 cm³/mol. The topological polar surface area (TPSA) is 53.9 Å². The van der Waals surface area contributed by atoms with Gasteiger partial charge in [0.25, 0.3) is 0 Å². The highest BCUT2D eigenvalue weighted by Crippen LogP contribution is 2.10. The van der Waals surface area contributed by atoms with Gasteiger partial charge in [-0.2, -0.15) is 0 Å². The SMILES string of the molecule is c1ncnc(NCCCCN2CCCCCC2)n1. The van der Waals surface area contributed by atoms with Crippen molar-refractivity contribution in [2.24, 2.45) is 0 Å². The van der Waals surface area contributed by atoms with Crippen LogP contribution in [0, 0.1) is 0 Å². The van der Waals surface area contributed by atoms with Crippen molar-refractivity contribution >= 4 is 5.95 Å². The number of anilines is 1. The maximum atomic E-state index is 4.03. The number of hydrogen-bond donors (Lipinski definition) is 1. The molecule has 1 fully saturated rings. The fraction of sp³-hybridized carbons (Fsp3) is 0.769. The summed E-state index contributed by atoms with van der Waals surface area (Å²) in [4.78, 5) is 14.5. The Kier molecular flexibility index (Phi) is 5.85. The number of nitrogens with one attached hydrogen (secondary N) is 1. The summed E-state index contributed by atoms with van der Waals surface area (Å²) >= 11 is 0. The van der Waals surface area contributed by atoms with Crippen molar-refractivity contribution in [2.45, 2.75) is 38.5 Å². The minimum Gasteiger partial charge on any atom is -0.354 e. The second kappa shape index (κ2) is 7.97. The lowest BCUT2D eigenvalue weighted by Crippen LogP contribution is -2.26. The lowest BCUT2D eigenvalue weighted by molar-refractivity contribution is 0.280. The largest absolute Gasteiger partial charge is 0.354 e. The summed E-state index contributed by atoms with van der Waals surface area (Å²) in [7, 11) is 0. The first-order valence-corrected chi connectivity index (χ1v) is 7.03. The van der Waals surface area contributed by atoms with Crippen LogP contribution in [0.5, 0.6) is 0 Å². The third kappa shape index (κ3) is 4.96. The molecule has 0 amide bonds. The maximum absolute atomic E-state index is 4.03. The van der Waals surface area contributed by atoms with E-state index in [0.29, 0.717) is 5.95 Å². The Hall–Kier alpha value is -1.23. The summed E-state index contributed by atoms with van der Waals surface area (Å²) in [5.41, 5.74) is 0. The molecule has 5 heteroatoms. The highest BCUT2D eigenvalue weighted by atomic mass is 15.1. The van der Waals surface area contributed by atoms with Gasteiger partial charge in [-0.05, 0) is 45.3 Å². The molecule has 0 unspecified atom stereocenters. The van der Waals surface area contributed by atoms with Gasteiger partial charge < -0.3 is 10.2 Å². The fourth-order valence-corrected chi connectivity index (χ4v) is 2.35. The van der Waals surface area contributed by atoms with Crippen molar-refractivity contribution in [3.05, 3.63) is 12.7 Å². The minimum atomic E-state index is 0.680. The molecule has 100 valence electrons. The first kappa shape index (κ1) is 13.2. The number of likely N-dealkylation sites (tertiary alicyclic amines) is 1. The Morgan fingerprint density at radius 1 is 1.00 bits per heavy atom. The molecule has 0 bridgehead atoms. The highest BCUT2D eigenvalue weighted by Gasteiger charge is 2.07. The van der Waals surface area contributed by atoms with E-state index in [2.05, 4.69) is 25.2 Å². The van der Waals surface area contributed by atoms with Crippen molar-refractivity contribution < 1.29 is 0 Å². The average Bonchev–Trinajstić information content (AvgIpc) is 2.68. The van der Waals surface area contributed by atoms with Gasteiger partial charge in [0, 0.05) is 6.54 Å². The molecule has 0 saturated carbocycles. The van der Waals surface area contributed by atoms with Crippen LogP contribution in [0.3, 0.4) is 0 Å². The molecule has 1 aromatic rings. The number of aromatic nitrogens is 3. The molecule has 0 aromatic carbocycles. The molecular weight excluding hydrogens is 226 g/mol. The zero-order chi connectivity index (χ0) is 12.5. The number of rotatable bonds is 6. The molecule has 1 aromatic heterocycles. The van der Waals surface area contributed by atoms with Gasteiger partial charge in [0.1, 0.15) is 12.7 Å². The molecule has 0 aliphatic carbocycles. The highest BCUT2D eigenvalue weighted by molar-refractivity contribution is 5.19. The summed E-state index contributed by atoms with van der Waals surface area (Å²) in [6.45, 7) is 4.76. The Bertz CT molecular complexity index is 308. The van der Waals surface area contributed by atoms with E-state index in [0.717, 1.165) is 6.54 Å². The van der Waals surface area contributed by atoms with E-state index in [9.17, 15) is 0 Å². The summed E-state index contributed by atoms with van der Waals surface area (Å²) in [6, 6.07) is 0. The maximum Gasteiger partial charge on any atom is 0.225 e. The zero-order valence-electron chi connectivity index (χ0n) is 11.0. The van der Waals surface area contributed by atoms with Crippen LogP contribution in [0.1, 0.15) is 38.5 Å². The molecule has 0 radical (unpaired) electrons. The monoisotopic (exact) mass is 249 g/mol. The molecular formula is C13H23N5. The van der Waals surface area contributed by atoms with Crippen LogP contribution in [0.25, 0.3) is 0 Å². The normalized spacial score (nSPS) is 17.3. The second-order valence-corrected chi connectivity index (χ2v) is 4.85. The first-order chi connectivity index (χ1) is 8.95. The minimum absolute atomic E-state index is 0.680. The average molecular weight is 249 g/mol.